The fourth-order valence-corrected chi connectivity index (χ4v) is 1.92. The van der Waals surface area contributed by atoms with Crippen molar-refractivity contribution in [3.63, 3.8) is 0 Å². The zero-order chi connectivity index (χ0) is 13.7. The third-order valence-corrected chi connectivity index (χ3v) is 3.86. The van der Waals surface area contributed by atoms with Crippen molar-refractivity contribution in [2.45, 2.75) is 26.3 Å². The average Bonchev–Trinajstić information content (AvgIpc) is 2.32. The van der Waals surface area contributed by atoms with Crippen LogP contribution in [0, 0.1) is 6.92 Å². The number of aryl methyl sites for hydroxylation is 1. The Morgan fingerprint density at radius 2 is 2.11 bits per heavy atom. The summed E-state index contributed by atoms with van der Waals surface area (Å²) in [7, 11) is 3.56. The lowest BCUT2D eigenvalue weighted by atomic mass is 10.1. The van der Waals surface area contributed by atoms with Crippen molar-refractivity contribution in [3.8, 4) is 0 Å². The molecule has 1 atom stereocenters. The van der Waals surface area contributed by atoms with Gasteiger partial charge in [0, 0.05) is 37.6 Å². The van der Waals surface area contributed by atoms with Crippen LogP contribution in [0.1, 0.15) is 30.5 Å². The van der Waals surface area contributed by atoms with Crippen molar-refractivity contribution >= 4 is 21.8 Å². The maximum atomic E-state index is 11.4. The Kier molecular flexibility index (Phi) is 5.82. The molecule has 100 valence electrons. The van der Waals surface area contributed by atoms with Gasteiger partial charge in [-0.25, -0.2) is 0 Å². The van der Waals surface area contributed by atoms with E-state index in [1.54, 1.807) is 19.0 Å². The minimum Gasteiger partial charge on any atom is -0.349 e. The number of carbonyl (C=O) groups is 1. The highest BCUT2D eigenvalue weighted by Crippen LogP contribution is 2.21. The number of amides is 1. The van der Waals surface area contributed by atoms with Crippen LogP contribution in [0.5, 0.6) is 0 Å². The van der Waals surface area contributed by atoms with Crippen molar-refractivity contribution in [1.29, 1.82) is 0 Å². The Balaban J connectivity index is 2.48. The van der Waals surface area contributed by atoms with Crippen molar-refractivity contribution in [2.24, 2.45) is 0 Å². The normalized spacial score (nSPS) is 12.3. The van der Waals surface area contributed by atoms with Crippen LogP contribution in [0.15, 0.2) is 22.7 Å². The zero-order valence-electron chi connectivity index (χ0n) is 11.5. The molecule has 0 unspecified atom stereocenters. The number of benzene rings is 1. The number of carbonyl (C=O) groups excluding carboxylic acids is 1. The molecule has 0 fully saturated rings. The second-order valence-electron chi connectivity index (χ2n) is 4.72. The van der Waals surface area contributed by atoms with Gasteiger partial charge in [-0.2, -0.15) is 0 Å². The molecule has 1 amide bonds. The molecule has 1 N–H and O–H groups in total. The molecule has 0 heterocycles. The average molecular weight is 313 g/mol. The van der Waals surface area contributed by atoms with Gasteiger partial charge in [0.1, 0.15) is 0 Å². The molecule has 3 nitrogen and oxygen atoms in total. The molecule has 0 bridgehead atoms. The second kappa shape index (κ2) is 6.90. The number of halogens is 1. The molecule has 0 saturated heterocycles. The molecule has 1 aromatic carbocycles. The van der Waals surface area contributed by atoms with Crippen LogP contribution >= 0.6 is 15.9 Å². The highest BCUT2D eigenvalue weighted by Gasteiger charge is 2.08. The van der Waals surface area contributed by atoms with E-state index in [-0.39, 0.29) is 11.9 Å². The molecule has 0 saturated carbocycles. The van der Waals surface area contributed by atoms with Crippen LogP contribution in [0.3, 0.4) is 0 Å². The molecule has 1 aromatic rings. The smallest absolute Gasteiger partial charge is 0.223 e. The minimum atomic E-state index is 0.154. The van der Waals surface area contributed by atoms with Crippen LogP contribution in [0.2, 0.25) is 0 Å². The van der Waals surface area contributed by atoms with Gasteiger partial charge in [-0.1, -0.05) is 28.1 Å². The van der Waals surface area contributed by atoms with Crippen LogP contribution in [-0.4, -0.2) is 31.4 Å². The fourth-order valence-electron chi connectivity index (χ4n) is 1.67. The lowest BCUT2D eigenvalue weighted by molar-refractivity contribution is -0.128. The summed E-state index contributed by atoms with van der Waals surface area (Å²) in [6, 6.07) is 6.58. The zero-order valence-corrected chi connectivity index (χ0v) is 13.0. The van der Waals surface area contributed by atoms with Crippen LogP contribution in [0.25, 0.3) is 0 Å². The summed E-state index contributed by atoms with van der Waals surface area (Å²) in [5.41, 5.74) is 2.47. The Labute approximate surface area is 118 Å². The van der Waals surface area contributed by atoms with Gasteiger partial charge in [-0.15, -0.1) is 0 Å². The largest absolute Gasteiger partial charge is 0.349 e. The molecule has 0 radical (unpaired) electrons. The predicted octanol–water partition coefficient (Wildman–Crippen LogP) is 2.89. The summed E-state index contributed by atoms with van der Waals surface area (Å²) >= 11 is 3.50. The van der Waals surface area contributed by atoms with Gasteiger partial charge in [0.25, 0.3) is 0 Å². The monoisotopic (exact) mass is 312 g/mol. The summed E-state index contributed by atoms with van der Waals surface area (Å²) in [6.45, 7) is 4.89. The fraction of sp³-hybridized carbons (Fsp3) is 0.500. The molecule has 0 aliphatic rings. The SMILES string of the molecule is Cc1cc([C@@H](C)NCCC(=O)N(C)C)ccc1Br. The number of nitrogens with zero attached hydrogens (tertiary/aromatic N) is 1. The number of nitrogens with one attached hydrogen (secondary N) is 1. The van der Waals surface area contributed by atoms with Crippen LogP contribution in [0.4, 0.5) is 0 Å². The van der Waals surface area contributed by atoms with Crippen LogP contribution < -0.4 is 5.32 Å². The summed E-state index contributed by atoms with van der Waals surface area (Å²) in [5.74, 6) is 0.154. The second-order valence-corrected chi connectivity index (χ2v) is 5.58. The summed E-state index contributed by atoms with van der Waals surface area (Å²) in [6.07, 6.45) is 0.535. The summed E-state index contributed by atoms with van der Waals surface area (Å²) in [4.78, 5) is 13.1. The molecule has 0 spiro atoms. The third-order valence-electron chi connectivity index (χ3n) is 2.97. The highest BCUT2D eigenvalue weighted by atomic mass is 79.9. The first-order valence-electron chi connectivity index (χ1n) is 6.11. The molecule has 4 heteroatoms. The lowest BCUT2D eigenvalue weighted by Gasteiger charge is -2.16. The van der Waals surface area contributed by atoms with E-state index in [2.05, 4.69) is 53.3 Å². The van der Waals surface area contributed by atoms with Gasteiger partial charge in [0.2, 0.25) is 5.91 Å². The standard InChI is InChI=1S/C14H21BrN2O/c1-10-9-12(5-6-13(10)15)11(2)16-8-7-14(18)17(3)4/h5-6,9,11,16H,7-8H2,1-4H3/t11-/m1/s1. The molecule has 18 heavy (non-hydrogen) atoms. The van der Waals surface area contributed by atoms with Crippen molar-refractivity contribution in [1.82, 2.24) is 10.2 Å². The highest BCUT2D eigenvalue weighted by molar-refractivity contribution is 9.10. The molecule has 1 rings (SSSR count). The number of hydrogen-bond donors (Lipinski definition) is 1. The van der Waals surface area contributed by atoms with Gasteiger partial charge in [-0.3, -0.25) is 4.79 Å². The number of rotatable bonds is 5. The van der Waals surface area contributed by atoms with Gasteiger partial charge in [0.05, 0.1) is 0 Å². The van der Waals surface area contributed by atoms with Crippen LogP contribution in [-0.2, 0) is 4.79 Å². The summed E-state index contributed by atoms with van der Waals surface area (Å²) < 4.78 is 1.13. The topological polar surface area (TPSA) is 32.3 Å². The molecular formula is C14H21BrN2O. The first-order chi connectivity index (χ1) is 8.41. The maximum absolute atomic E-state index is 11.4. The van der Waals surface area contributed by atoms with E-state index < -0.39 is 0 Å². The summed E-state index contributed by atoms with van der Waals surface area (Å²) in [5, 5.41) is 3.37. The lowest BCUT2D eigenvalue weighted by Crippen LogP contribution is -2.28. The molecular weight excluding hydrogens is 292 g/mol. The van der Waals surface area contributed by atoms with E-state index in [0.717, 1.165) is 4.47 Å². The molecule has 0 aliphatic carbocycles. The first-order valence-corrected chi connectivity index (χ1v) is 6.90. The van der Waals surface area contributed by atoms with Gasteiger partial charge in [-0.05, 0) is 31.0 Å². The van der Waals surface area contributed by atoms with Gasteiger partial charge >= 0.3 is 0 Å². The van der Waals surface area contributed by atoms with Crippen molar-refractivity contribution in [3.05, 3.63) is 33.8 Å². The Morgan fingerprint density at radius 3 is 2.67 bits per heavy atom. The van der Waals surface area contributed by atoms with E-state index in [1.165, 1.54) is 11.1 Å². The molecule has 0 aromatic heterocycles. The maximum Gasteiger partial charge on any atom is 0.223 e. The third kappa shape index (κ3) is 4.42. The Morgan fingerprint density at radius 1 is 1.44 bits per heavy atom. The van der Waals surface area contributed by atoms with E-state index >= 15 is 0 Å². The van der Waals surface area contributed by atoms with E-state index in [4.69, 9.17) is 0 Å². The van der Waals surface area contributed by atoms with E-state index in [0.29, 0.717) is 13.0 Å². The first kappa shape index (κ1) is 15.2. The quantitative estimate of drug-likeness (QED) is 0.906. The molecule has 0 aliphatic heterocycles. The van der Waals surface area contributed by atoms with Crippen molar-refractivity contribution < 1.29 is 4.79 Å². The predicted molar refractivity (Wildman–Crippen MR) is 78.6 cm³/mol. The van der Waals surface area contributed by atoms with Crippen molar-refractivity contribution in [2.75, 3.05) is 20.6 Å². The van der Waals surface area contributed by atoms with Gasteiger partial charge in [0.15, 0.2) is 0 Å². The minimum absolute atomic E-state index is 0.154. The number of hydrogen-bond acceptors (Lipinski definition) is 2. The Bertz CT molecular complexity index is 418. The Hall–Kier alpha value is -0.870. The van der Waals surface area contributed by atoms with Gasteiger partial charge < -0.3 is 10.2 Å². The van der Waals surface area contributed by atoms with E-state index in [9.17, 15) is 4.79 Å². The van der Waals surface area contributed by atoms with E-state index in [1.807, 2.05) is 0 Å².